The largest absolute Gasteiger partial charge is 0.377 e. The number of ether oxygens (including phenoxy) is 1. The van der Waals surface area contributed by atoms with Gasteiger partial charge in [-0.2, -0.15) is 0 Å². The fourth-order valence-corrected chi connectivity index (χ4v) is 2.66. The lowest BCUT2D eigenvalue weighted by molar-refractivity contribution is -0.140. The highest BCUT2D eigenvalue weighted by Crippen LogP contribution is 2.23. The van der Waals surface area contributed by atoms with Crippen molar-refractivity contribution in [2.75, 3.05) is 13.2 Å². The zero-order chi connectivity index (χ0) is 12.8. The molecule has 1 aliphatic heterocycles. The third-order valence-electron chi connectivity index (χ3n) is 3.55. The van der Waals surface area contributed by atoms with E-state index in [9.17, 15) is 4.79 Å². The summed E-state index contributed by atoms with van der Waals surface area (Å²) in [5.74, 6) is 0.189. The van der Waals surface area contributed by atoms with Crippen LogP contribution in [0.15, 0.2) is 0 Å². The molecule has 1 aliphatic rings. The van der Waals surface area contributed by atoms with Crippen LogP contribution in [-0.2, 0) is 9.53 Å². The van der Waals surface area contributed by atoms with E-state index >= 15 is 0 Å². The Balaban J connectivity index is 2.54. The molecule has 4 heteroatoms. The maximum absolute atomic E-state index is 12.3. The second kappa shape index (κ2) is 6.97. The molecule has 2 N–H and O–H groups in total. The van der Waals surface area contributed by atoms with Gasteiger partial charge in [0, 0.05) is 25.2 Å². The molecule has 0 saturated carbocycles. The maximum atomic E-state index is 12.3. The summed E-state index contributed by atoms with van der Waals surface area (Å²) in [6.45, 7) is 7.22. The molecule has 1 heterocycles. The van der Waals surface area contributed by atoms with Gasteiger partial charge >= 0.3 is 0 Å². The molecule has 0 aliphatic carbocycles. The summed E-state index contributed by atoms with van der Waals surface area (Å²) in [4.78, 5) is 14.3. The van der Waals surface area contributed by atoms with Gasteiger partial charge in [0.05, 0.1) is 12.5 Å². The Kier molecular flexibility index (Phi) is 5.92. The molecule has 0 bridgehead atoms. The van der Waals surface area contributed by atoms with Gasteiger partial charge in [0.1, 0.15) is 0 Å². The van der Waals surface area contributed by atoms with Gasteiger partial charge in [-0.05, 0) is 40.0 Å². The minimum Gasteiger partial charge on any atom is -0.377 e. The lowest BCUT2D eigenvalue weighted by Crippen LogP contribution is -2.49. The predicted molar refractivity (Wildman–Crippen MR) is 68.7 cm³/mol. The second-order valence-corrected chi connectivity index (χ2v) is 4.95. The van der Waals surface area contributed by atoms with Gasteiger partial charge in [0.2, 0.25) is 5.91 Å². The van der Waals surface area contributed by atoms with E-state index in [2.05, 4.69) is 13.8 Å². The van der Waals surface area contributed by atoms with Crippen molar-refractivity contribution >= 4 is 5.91 Å². The van der Waals surface area contributed by atoms with Crippen molar-refractivity contribution in [1.29, 1.82) is 0 Å². The highest BCUT2D eigenvalue weighted by Gasteiger charge is 2.29. The first-order valence-corrected chi connectivity index (χ1v) is 6.73. The summed E-state index contributed by atoms with van der Waals surface area (Å²) >= 11 is 0. The van der Waals surface area contributed by atoms with Crippen molar-refractivity contribution in [2.24, 2.45) is 5.73 Å². The van der Waals surface area contributed by atoms with E-state index in [0.717, 1.165) is 12.8 Å². The maximum Gasteiger partial charge on any atom is 0.225 e. The average Bonchev–Trinajstić information content (AvgIpc) is 2.28. The summed E-state index contributed by atoms with van der Waals surface area (Å²) in [6.07, 6.45) is 3.72. The fourth-order valence-electron chi connectivity index (χ4n) is 2.66. The summed E-state index contributed by atoms with van der Waals surface area (Å²) in [7, 11) is 0. The molecule has 0 radical (unpaired) electrons. The van der Waals surface area contributed by atoms with Gasteiger partial charge < -0.3 is 15.4 Å². The quantitative estimate of drug-likeness (QED) is 0.795. The monoisotopic (exact) mass is 242 g/mol. The van der Waals surface area contributed by atoms with Gasteiger partial charge in [0.15, 0.2) is 0 Å². The lowest BCUT2D eigenvalue weighted by Gasteiger charge is -2.39. The number of nitrogens with two attached hydrogens (primary N) is 1. The Morgan fingerprint density at radius 2 is 2.00 bits per heavy atom. The highest BCUT2D eigenvalue weighted by molar-refractivity contribution is 5.77. The van der Waals surface area contributed by atoms with Gasteiger partial charge in [-0.1, -0.05) is 0 Å². The molecular weight excluding hydrogens is 216 g/mol. The average molecular weight is 242 g/mol. The van der Waals surface area contributed by atoms with Crippen molar-refractivity contribution in [3.05, 3.63) is 0 Å². The van der Waals surface area contributed by atoms with Gasteiger partial charge in [-0.3, -0.25) is 4.79 Å². The van der Waals surface area contributed by atoms with E-state index in [4.69, 9.17) is 10.5 Å². The van der Waals surface area contributed by atoms with Crippen LogP contribution in [-0.4, -0.2) is 42.1 Å². The van der Waals surface area contributed by atoms with Gasteiger partial charge in [0.25, 0.3) is 0 Å². The van der Waals surface area contributed by atoms with E-state index in [1.54, 1.807) is 0 Å². The third-order valence-corrected chi connectivity index (χ3v) is 3.55. The molecule has 4 nitrogen and oxygen atoms in total. The first-order valence-electron chi connectivity index (χ1n) is 6.73. The number of likely N-dealkylation sites (tertiary alicyclic amines) is 1. The topological polar surface area (TPSA) is 55.6 Å². The van der Waals surface area contributed by atoms with Crippen molar-refractivity contribution in [3.63, 3.8) is 0 Å². The molecule has 1 fully saturated rings. The first kappa shape index (κ1) is 14.5. The minimum atomic E-state index is -0.131. The number of nitrogens with zero attached hydrogens (tertiary/aromatic N) is 1. The molecule has 0 aromatic heterocycles. The van der Waals surface area contributed by atoms with Crippen LogP contribution in [0.4, 0.5) is 0 Å². The molecule has 1 saturated heterocycles. The molecule has 0 aromatic rings. The van der Waals surface area contributed by atoms with Crippen molar-refractivity contribution < 1.29 is 9.53 Å². The van der Waals surface area contributed by atoms with E-state index in [1.807, 2.05) is 11.8 Å². The second-order valence-electron chi connectivity index (χ2n) is 4.95. The van der Waals surface area contributed by atoms with Gasteiger partial charge in [-0.25, -0.2) is 0 Å². The molecule has 17 heavy (non-hydrogen) atoms. The number of amides is 1. The van der Waals surface area contributed by atoms with Crippen LogP contribution in [0.3, 0.4) is 0 Å². The van der Waals surface area contributed by atoms with Crippen LogP contribution in [0, 0.1) is 0 Å². The predicted octanol–water partition coefficient (Wildman–Crippen LogP) is 1.53. The van der Waals surface area contributed by atoms with Crippen LogP contribution >= 0.6 is 0 Å². The molecule has 1 rings (SSSR count). The van der Waals surface area contributed by atoms with Gasteiger partial charge in [-0.15, -0.1) is 0 Å². The van der Waals surface area contributed by atoms with Crippen molar-refractivity contribution in [2.45, 2.75) is 64.6 Å². The zero-order valence-electron chi connectivity index (χ0n) is 11.3. The van der Waals surface area contributed by atoms with E-state index in [1.165, 1.54) is 6.42 Å². The summed E-state index contributed by atoms with van der Waals surface area (Å²) in [6, 6.07) is 0.706. The molecule has 0 aromatic carbocycles. The number of piperidine rings is 1. The summed E-state index contributed by atoms with van der Waals surface area (Å²) in [5, 5.41) is 0. The van der Waals surface area contributed by atoms with E-state index < -0.39 is 0 Å². The van der Waals surface area contributed by atoms with Crippen LogP contribution in [0.25, 0.3) is 0 Å². The normalized spacial score (nSPS) is 26.9. The number of rotatable bonds is 5. The van der Waals surface area contributed by atoms with E-state index in [0.29, 0.717) is 31.7 Å². The number of carbonyl (C=O) groups excluding carboxylic acids is 1. The Hall–Kier alpha value is -0.610. The smallest absolute Gasteiger partial charge is 0.225 e. The molecule has 0 spiro atoms. The molecule has 3 atom stereocenters. The fraction of sp³-hybridized carbons (Fsp3) is 0.923. The summed E-state index contributed by atoms with van der Waals surface area (Å²) in [5.41, 5.74) is 5.61. The standard InChI is InChI=1S/C13H26N2O2/c1-4-17-12(9-14)8-13(16)15-10(2)6-5-7-11(15)3/h10-12H,4-9,14H2,1-3H3. The Morgan fingerprint density at radius 3 is 2.47 bits per heavy atom. The molecule has 100 valence electrons. The first-order chi connectivity index (χ1) is 8.10. The number of hydrogen-bond donors (Lipinski definition) is 1. The molecule has 3 unspecified atom stereocenters. The minimum absolute atomic E-state index is 0.131. The lowest BCUT2D eigenvalue weighted by atomic mass is 9.96. The summed E-state index contributed by atoms with van der Waals surface area (Å²) < 4.78 is 5.45. The van der Waals surface area contributed by atoms with Crippen LogP contribution in [0.2, 0.25) is 0 Å². The van der Waals surface area contributed by atoms with Crippen molar-refractivity contribution in [1.82, 2.24) is 4.90 Å². The van der Waals surface area contributed by atoms with Crippen LogP contribution < -0.4 is 5.73 Å². The zero-order valence-corrected chi connectivity index (χ0v) is 11.3. The molecule has 1 amide bonds. The van der Waals surface area contributed by atoms with E-state index in [-0.39, 0.29) is 12.0 Å². The Labute approximate surface area is 104 Å². The SMILES string of the molecule is CCOC(CN)CC(=O)N1C(C)CCCC1C. The Morgan fingerprint density at radius 1 is 1.41 bits per heavy atom. The highest BCUT2D eigenvalue weighted by atomic mass is 16.5. The van der Waals surface area contributed by atoms with Crippen molar-refractivity contribution in [3.8, 4) is 0 Å². The van der Waals surface area contributed by atoms with Crippen LogP contribution in [0.5, 0.6) is 0 Å². The number of carbonyl (C=O) groups is 1. The number of hydrogen-bond acceptors (Lipinski definition) is 3. The molecular formula is C13H26N2O2. The van der Waals surface area contributed by atoms with Crippen LogP contribution in [0.1, 0.15) is 46.5 Å². The Bertz CT molecular complexity index is 236. The third kappa shape index (κ3) is 3.96.